The lowest BCUT2D eigenvalue weighted by Gasteiger charge is -2.06. The highest BCUT2D eigenvalue weighted by molar-refractivity contribution is 5.26. The van der Waals surface area contributed by atoms with Crippen molar-refractivity contribution in [2.45, 2.75) is 13.5 Å². The van der Waals surface area contributed by atoms with Crippen molar-refractivity contribution < 1.29 is 9.13 Å². The average molecular weight is 234 g/mol. The predicted octanol–water partition coefficient (Wildman–Crippen LogP) is 2.19. The fraction of sp³-hybridized carbons (Fsp3) is 0.167. The minimum Gasteiger partial charge on any atom is -0.435 e. The summed E-state index contributed by atoms with van der Waals surface area (Å²) >= 11 is 0. The Morgan fingerprint density at radius 2 is 2.29 bits per heavy atom. The van der Waals surface area contributed by atoms with Crippen molar-refractivity contribution in [2.75, 3.05) is 0 Å². The van der Waals surface area contributed by atoms with Crippen LogP contribution in [-0.2, 0) is 6.54 Å². The number of rotatable bonds is 3. The number of ether oxygens (including phenoxy) is 1. The minimum absolute atomic E-state index is 0.0556. The van der Waals surface area contributed by atoms with Crippen LogP contribution in [-0.4, -0.2) is 9.55 Å². The molecule has 0 aliphatic rings. The van der Waals surface area contributed by atoms with Crippen LogP contribution in [0, 0.1) is 5.82 Å². The molecule has 0 amide bonds. The second kappa shape index (κ2) is 4.78. The molecule has 0 saturated carbocycles. The minimum atomic E-state index is -0.422. The highest BCUT2D eigenvalue weighted by Crippen LogP contribution is 2.16. The standard InChI is InChI=1S/C12H11FN2O2/c1-2-15-7-6-14-11(12(15)16)17-10-5-3-4-9(13)8-10/h3-8H,2H2,1H3. The van der Waals surface area contributed by atoms with Crippen molar-refractivity contribution in [3.05, 3.63) is 52.8 Å². The SMILES string of the molecule is CCn1ccnc(Oc2cccc(F)c2)c1=O. The van der Waals surface area contributed by atoms with Gasteiger partial charge in [0, 0.05) is 25.0 Å². The first-order chi connectivity index (χ1) is 8.20. The normalized spacial score (nSPS) is 10.2. The summed E-state index contributed by atoms with van der Waals surface area (Å²) in [6.07, 6.45) is 3.04. The first-order valence-corrected chi connectivity index (χ1v) is 5.19. The molecular formula is C12H11FN2O2. The molecule has 0 radical (unpaired) electrons. The Morgan fingerprint density at radius 3 is 3.00 bits per heavy atom. The van der Waals surface area contributed by atoms with E-state index in [2.05, 4.69) is 4.98 Å². The molecule has 5 heteroatoms. The van der Waals surface area contributed by atoms with E-state index in [1.54, 1.807) is 12.3 Å². The lowest BCUT2D eigenvalue weighted by molar-refractivity contribution is 0.441. The molecule has 0 N–H and O–H groups in total. The third-order valence-corrected chi connectivity index (χ3v) is 2.23. The quantitative estimate of drug-likeness (QED) is 0.817. The van der Waals surface area contributed by atoms with E-state index in [1.807, 2.05) is 6.92 Å². The van der Waals surface area contributed by atoms with Crippen LogP contribution in [0.1, 0.15) is 6.92 Å². The van der Waals surface area contributed by atoms with E-state index in [-0.39, 0.29) is 17.2 Å². The first kappa shape index (κ1) is 11.3. The van der Waals surface area contributed by atoms with Crippen LogP contribution in [0.15, 0.2) is 41.5 Å². The van der Waals surface area contributed by atoms with Gasteiger partial charge in [-0.1, -0.05) is 6.07 Å². The highest BCUT2D eigenvalue weighted by atomic mass is 19.1. The monoisotopic (exact) mass is 234 g/mol. The number of aryl methyl sites for hydroxylation is 1. The van der Waals surface area contributed by atoms with Gasteiger partial charge in [-0.25, -0.2) is 9.37 Å². The Bertz CT molecular complexity index is 581. The average Bonchev–Trinajstić information content (AvgIpc) is 2.32. The van der Waals surface area contributed by atoms with Crippen molar-refractivity contribution in [1.29, 1.82) is 0 Å². The molecule has 17 heavy (non-hydrogen) atoms. The fourth-order valence-electron chi connectivity index (χ4n) is 1.39. The molecule has 0 saturated heterocycles. The van der Waals surface area contributed by atoms with Gasteiger partial charge in [-0.15, -0.1) is 0 Å². The van der Waals surface area contributed by atoms with Crippen molar-refractivity contribution in [3.8, 4) is 11.6 Å². The topological polar surface area (TPSA) is 44.1 Å². The zero-order valence-corrected chi connectivity index (χ0v) is 9.26. The van der Waals surface area contributed by atoms with E-state index in [4.69, 9.17) is 4.74 Å². The zero-order chi connectivity index (χ0) is 12.3. The van der Waals surface area contributed by atoms with Gasteiger partial charge in [0.15, 0.2) is 0 Å². The maximum absolute atomic E-state index is 12.9. The van der Waals surface area contributed by atoms with E-state index in [9.17, 15) is 9.18 Å². The van der Waals surface area contributed by atoms with Crippen LogP contribution in [0.3, 0.4) is 0 Å². The van der Waals surface area contributed by atoms with Crippen LogP contribution in [0.2, 0.25) is 0 Å². The Labute approximate surface area is 97.3 Å². The van der Waals surface area contributed by atoms with Gasteiger partial charge in [0.05, 0.1) is 0 Å². The summed E-state index contributed by atoms with van der Waals surface area (Å²) in [4.78, 5) is 15.6. The summed E-state index contributed by atoms with van der Waals surface area (Å²) in [7, 11) is 0. The molecule has 0 atom stereocenters. The van der Waals surface area contributed by atoms with Crippen LogP contribution in [0.25, 0.3) is 0 Å². The molecule has 88 valence electrons. The zero-order valence-electron chi connectivity index (χ0n) is 9.26. The van der Waals surface area contributed by atoms with Crippen molar-refractivity contribution in [3.63, 3.8) is 0 Å². The van der Waals surface area contributed by atoms with Crippen LogP contribution in [0.5, 0.6) is 11.6 Å². The van der Waals surface area contributed by atoms with Gasteiger partial charge in [-0.2, -0.15) is 0 Å². The Balaban J connectivity index is 2.34. The van der Waals surface area contributed by atoms with Crippen LogP contribution < -0.4 is 10.3 Å². The Hall–Kier alpha value is -2.17. The molecule has 1 aromatic carbocycles. The number of aromatic nitrogens is 2. The molecule has 0 unspecified atom stereocenters. The van der Waals surface area contributed by atoms with Gasteiger partial charge in [-0.3, -0.25) is 4.79 Å². The van der Waals surface area contributed by atoms with Crippen molar-refractivity contribution >= 4 is 0 Å². The number of halogens is 1. The Kier molecular flexibility index (Phi) is 3.18. The predicted molar refractivity (Wildman–Crippen MR) is 60.6 cm³/mol. The third kappa shape index (κ3) is 2.50. The molecule has 0 aliphatic heterocycles. The Morgan fingerprint density at radius 1 is 1.47 bits per heavy atom. The smallest absolute Gasteiger partial charge is 0.313 e. The maximum Gasteiger partial charge on any atom is 0.313 e. The molecule has 4 nitrogen and oxygen atoms in total. The number of benzene rings is 1. The van der Waals surface area contributed by atoms with E-state index >= 15 is 0 Å². The molecule has 0 spiro atoms. The van der Waals surface area contributed by atoms with Crippen molar-refractivity contribution in [2.24, 2.45) is 0 Å². The number of hydrogen-bond donors (Lipinski definition) is 0. The summed E-state index contributed by atoms with van der Waals surface area (Å²) in [5.41, 5.74) is -0.334. The van der Waals surface area contributed by atoms with E-state index in [0.29, 0.717) is 6.54 Å². The van der Waals surface area contributed by atoms with Gasteiger partial charge >= 0.3 is 5.56 Å². The van der Waals surface area contributed by atoms with Gasteiger partial charge < -0.3 is 9.30 Å². The summed E-state index contributed by atoms with van der Waals surface area (Å²) in [6, 6.07) is 5.57. The molecule has 1 aromatic heterocycles. The first-order valence-electron chi connectivity index (χ1n) is 5.19. The summed E-state index contributed by atoms with van der Waals surface area (Å²) in [5, 5.41) is 0. The molecular weight excluding hydrogens is 223 g/mol. The maximum atomic E-state index is 12.9. The highest BCUT2D eigenvalue weighted by Gasteiger charge is 2.06. The fourth-order valence-corrected chi connectivity index (χ4v) is 1.39. The third-order valence-electron chi connectivity index (χ3n) is 2.23. The van der Waals surface area contributed by atoms with Gasteiger partial charge in [0.1, 0.15) is 11.6 Å². The number of hydrogen-bond acceptors (Lipinski definition) is 3. The summed E-state index contributed by atoms with van der Waals surface area (Å²) in [6.45, 7) is 2.37. The lowest BCUT2D eigenvalue weighted by Crippen LogP contribution is -2.20. The van der Waals surface area contributed by atoms with E-state index in [0.717, 1.165) is 0 Å². The van der Waals surface area contributed by atoms with E-state index < -0.39 is 5.82 Å². The number of nitrogens with zero attached hydrogens (tertiary/aromatic N) is 2. The van der Waals surface area contributed by atoms with Gasteiger partial charge in [0.25, 0.3) is 5.88 Å². The largest absolute Gasteiger partial charge is 0.435 e. The second-order valence-corrected chi connectivity index (χ2v) is 3.38. The lowest BCUT2D eigenvalue weighted by atomic mass is 10.3. The van der Waals surface area contributed by atoms with Crippen LogP contribution >= 0.6 is 0 Å². The second-order valence-electron chi connectivity index (χ2n) is 3.38. The molecule has 0 bridgehead atoms. The molecule has 2 rings (SSSR count). The van der Waals surface area contributed by atoms with Gasteiger partial charge in [0.2, 0.25) is 0 Å². The molecule has 0 aliphatic carbocycles. The summed E-state index contributed by atoms with van der Waals surface area (Å²) in [5.74, 6) is -0.224. The molecule has 0 fully saturated rings. The van der Waals surface area contributed by atoms with Crippen molar-refractivity contribution in [1.82, 2.24) is 9.55 Å². The van der Waals surface area contributed by atoms with Crippen LogP contribution in [0.4, 0.5) is 4.39 Å². The molecule has 2 aromatic rings. The van der Waals surface area contributed by atoms with E-state index in [1.165, 1.54) is 29.0 Å². The molecule has 1 heterocycles. The summed E-state index contributed by atoms with van der Waals surface area (Å²) < 4.78 is 19.6. The van der Waals surface area contributed by atoms with Gasteiger partial charge in [-0.05, 0) is 19.1 Å².